The van der Waals surface area contributed by atoms with E-state index >= 15 is 0 Å². The van der Waals surface area contributed by atoms with Gasteiger partial charge in [-0.1, -0.05) is 31.2 Å². The highest BCUT2D eigenvalue weighted by Crippen LogP contribution is 2.52. The molecule has 2 aliphatic rings. The summed E-state index contributed by atoms with van der Waals surface area (Å²) in [4.78, 5) is 0. The molecule has 0 radical (unpaired) electrons. The van der Waals surface area contributed by atoms with Crippen molar-refractivity contribution in [2.24, 2.45) is 0 Å². The Hall–Kier alpha value is -1.88. The van der Waals surface area contributed by atoms with E-state index in [2.05, 4.69) is 6.92 Å². The van der Waals surface area contributed by atoms with Crippen molar-refractivity contribution in [2.75, 3.05) is 17.1 Å². The Balaban J connectivity index is 2.10. The molecule has 0 saturated heterocycles. The molecular formula is C18H18FNO2S. The summed E-state index contributed by atoms with van der Waals surface area (Å²) in [6.45, 7) is 2.56. The summed E-state index contributed by atoms with van der Waals surface area (Å²) in [5.41, 5.74) is 3.82. The van der Waals surface area contributed by atoms with E-state index in [0.717, 1.165) is 23.1 Å². The maximum absolute atomic E-state index is 14.7. The molecule has 23 heavy (non-hydrogen) atoms. The SMILES string of the molecule is CC12CCN(S(C)(=O)=O)c3ccc(F)c(c31)-c1ccccc1C2. The fraction of sp³-hybridized carbons (Fsp3) is 0.333. The zero-order chi connectivity index (χ0) is 16.4. The average Bonchev–Trinajstić information content (AvgIpc) is 2.48. The molecule has 4 rings (SSSR count). The molecule has 1 aliphatic heterocycles. The predicted octanol–water partition coefficient (Wildman–Crippen LogP) is 3.48. The largest absolute Gasteiger partial charge is 0.270 e. The Morgan fingerprint density at radius 2 is 1.91 bits per heavy atom. The van der Waals surface area contributed by atoms with Gasteiger partial charge in [0.05, 0.1) is 11.9 Å². The van der Waals surface area contributed by atoms with Gasteiger partial charge in [-0.15, -0.1) is 0 Å². The van der Waals surface area contributed by atoms with Crippen molar-refractivity contribution in [3.8, 4) is 11.1 Å². The Labute approximate surface area is 135 Å². The summed E-state index contributed by atoms with van der Waals surface area (Å²) in [7, 11) is -3.37. The number of fused-ring (bicyclic) bond motifs is 2. The third-order valence-corrected chi connectivity index (χ3v) is 6.32. The minimum absolute atomic E-state index is 0.234. The molecule has 0 bridgehead atoms. The molecule has 2 aromatic carbocycles. The number of sulfonamides is 1. The van der Waals surface area contributed by atoms with Crippen LogP contribution in [0.4, 0.5) is 10.1 Å². The van der Waals surface area contributed by atoms with Crippen LogP contribution in [-0.2, 0) is 21.9 Å². The zero-order valence-corrected chi connectivity index (χ0v) is 14.0. The van der Waals surface area contributed by atoms with Crippen molar-refractivity contribution >= 4 is 15.7 Å². The number of hydrogen-bond acceptors (Lipinski definition) is 2. The topological polar surface area (TPSA) is 37.4 Å². The third-order valence-electron chi connectivity index (χ3n) is 5.14. The second-order valence-electron chi connectivity index (χ2n) is 6.80. The second kappa shape index (κ2) is 4.57. The molecule has 2 aromatic rings. The van der Waals surface area contributed by atoms with Gasteiger partial charge in [0.15, 0.2) is 0 Å². The fourth-order valence-corrected chi connectivity index (χ4v) is 5.03. The molecule has 5 heteroatoms. The molecule has 1 atom stereocenters. The number of anilines is 1. The Morgan fingerprint density at radius 1 is 1.17 bits per heavy atom. The van der Waals surface area contributed by atoms with Crippen LogP contribution >= 0.6 is 0 Å². The lowest BCUT2D eigenvalue weighted by Gasteiger charge is -2.45. The summed E-state index contributed by atoms with van der Waals surface area (Å²) < 4.78 is 40.4. The van der Waals surface area contributed by atoms with E-state index in [0.29, 0.717) is 24.2 Å². The molecule has 0 N–H and O–H groups in total. The van der Waals surface area contributed by atoms with Gasteiger partial charge in [-0.25, -0.2) is 12.8 Å². The predicted molar refractivity (Wildman–Crippen MR) is 89.7 cm³/mol. The first-order chi connectivity index (χ1) is 10.8. The molecule has 0 aromatic heterocycles. The summed E-state index contributed by atoms with van der Waals surface area (Å²) >= 11 is 0. The van der Waals surface area contributed by atoms with Crippen LogP contribution in [0.5, 0.6) is 0 Å². The minimum atomic E-state index is -3.37. The summed E-state index contributed by atoms with van der Waals surface area (Å²) in [6.07, 6.45) is 2.71. The Kier molecular flexibility index (Phi) is 2.92. The highest BCUT2D eigenvalue weighted by Gasteiger charge is 2.43. The van der Waals surface area contributed by atoms with E-state index in [1.807, 2.05) is 24.3 Å². The molecular weight excluding hydrogens is 313 g/mol. The quantitative estimate of drug-likeness (QED) is 0.802. The average molecular weight is 331 g/mol. The van der Waals surface area contributed by atoms with Gasteiger partial charge in [0.25, 0.3) is 0 Å². The zero-order valence-electron chi connectivity index (χ0n) is 13.1. The first kappa shape index (κ1) is 14.7. The van der Waals surface area contributed by atoms with Crippen molar-refractivity contribution in [3.63, 3.8) is 0 Å². The summed E-state index contributed by atoms with van der Waals surface area (Å²) in [5.74, 6) is -0.280. The van der Waals surface area contributed by atoms with Crippen molar-refractivity contribution < 1.29 is 12.8 Å². The monoisotopic (exact) mass is 331 g/mol. The maximum atomic E-state index is 14.7. The molecule has 0 amide bonds. The van der Waals surface area contributed by atoms with Gasteiger partial charge in [-0.2, -0.15) is 0 Å². The van der Waals surface area contributed by atoms with E-state index in [9.17, 15) is 12.8 Å². The Morgan fingerprint density at radius 3 is 2.65 bits per heavy atom. The maximum Gasteiger partial charge on any atom is 0.232 e. The molecule has 0 spiro atoms. The number of rotatable bonds is 1. The van der Waals surface area contributed by atoms with E-state index in [4.69, 9.17) is 0 Å². The number of halogens is 1. The highest BCUT2D eigenvalue weighted by atomic mass is 32.2. The van der Waals surface area contributed by atoms with E-state index in [1.54, 1.807) is 6.07 Å². The first-order valence-corrected chi connectivity index (χ1v) is 9.55. The molecule has 0 saturated carbocycles. The van der Waals surface area contributed by atoms with Crippen LogP contribution in [0.3, 0.4) is 0 Å². The number of nitrogens with zero attached hydrogens (tertiary/aromatic N) is 1. The van der Waals surface area contributed by atoms with Gasteiger partial charge in [-0.3, -0.25) is 4.31 Å². The fourth-order valence-electron chi connectivity index (χ4n) is 4.10. The molecule has 3 nitrogen and oxygen atoms in total. The summed E-state index contributed by atoms with van der Waals surface area (Å²) in [6, 6.07) is 10.8. The third kappa shape index (κ3) is 2.02. The first-order valence-electron chi connectivity index (χ1n) is 7.70. The van der Waals surface area contributed by atoms with Gasteiger partial charge in [0.1, 0.15) is 5.82 Å². The van der Waals surface area contributed by atoms with Crippen molar-refractivity contribution in [3.05, 3.63) is 53.3 Å². The number of hydrogen-bond donors (Lipinski definition) is 0. The molecule has 1 aliphatic carbocycles. The molecule has 1 heterocycles. The normalized spacial score (nSPS) is 22.5. The summed E-state index contributed by atoms with van der Waals surface area (Å²) in [5, 5.41) is 0. The van der Waals surface area contributed by atoms with Crippen LogP contribution in [0.25, 0.3) is 11.1 Å². The van der Waals surface area contributed by atoms with Crippen LogP contribution in [0.1, 0.15) is 24.5 Å². The van der Waals surface area contributed by atoms with Crippen LogP contribution in [-0.4, -0.2) is 21.2 Å². The van der Waals surface area contributed by atoms with Crippen molar-refractivity contribution in [1.82, 2.24) is 0 Å². The van der Waals surface area contributed by atoms with Gasteiger partial charge >= 0.3 is 0 Å². The van der Waals surface area contributed by atoms with Gasteiger partial charge in [-0.05, 0) is 41.7 Å². The van der Waals surface area contributed by atoms with E-state index in [-0.39, 0.29) is 11.2 Å². The lowest BCUT2D eigenvalue weighted by atomic mass is 9.65. The Bertz CT molecular complexity index is 923. The lowest BCUT2D eigenvalue weighted by molar-refractivity contribution is 0.415. The van der Waals surface area contributed by atoms with Crippen LogP contribution in [0, 0.1) is 5.82 Å². The van der Waals surface area contributed by atoms with Crippen molar-refractivity contribution in [2.45, 2.75) is 25.2 Å². The number of benzene rings is 2. The van der Waals surface area contributed by atoms with E-state index in [1.165, 1.54) is 16.6 Å². The minimum Gasteiger partial charge on any atom is -0.270 e. The van der Waals surface area contributed by atoms with Crippen LogP contribution < -0.4 is 4.31 Å². The van der Waals surface area contributed by atoms with Gasteiger partial charge in [0.2, 0.25) is 10.0 Å². The van der Waals surface area contributed by atoms with Gasteiger partial charge < -0.3 is 0 Å². The highest BCUT2D eigenvalue weighted by molar-refractivity contribution is 7.92. The second-order valence-corrected chi connectivity index (χ2v) is 8.70. The van der Waals surface area contributed by atoms with Crippen LogP contribution in [0.15, 0.2) is 36.4 Å². The van der Waals surface area contributed by atoms with Crippen LogP contribution in [0.2, 0.25) is 0 Å². The van der Waals surface area contributed by atoms with Crippen molar-refractivity contribution in [1.29, 1.82) is 0 Å². The standard InChI is InChI=1S/C18H18FNO2S/c1-18-9-10-20(23(2,21)22)15-8-7-14(19)16(17(15)18)13-6-4-3-5-12(13)11-18/h3-8H,9-11H2,1-2H3. The van der Waals surface area contributed by atoms with Gasteiger partial charge in [0, 0.05) is 17.5 Å². The lowest BCUT2D eigenvalue weighted by Crippen LogP contribution is -2.44. The van der Waals surface area contributed by atoms with E-state index < -0.39 is 10.0 Å². The molecule has 1 unspecified atom stereocenters. The smallest absolute Gasteiger partial charge is 0.232 e. The molecule has 120 valence electrons. The molecule has 0 fully saturated rings.